The first-order valence-electron chi connectivity index (χ1n) is 4.50. The molecule has 0 radical (unpaired) electrons. The number of hydrogen-bond donors (Lipinski definition) is 0. The maximum atomic E-state index is 2.56. The van der Waals surface area contributed by atoms with Crippen LogP contribution < -0.4 is 0 Å². The van der Waals surface area contributed by atoms with Crippen molar-refractivity contribution in [2.24, 2.45) is 0 Å². The molecule has 0 aromatic carbocycles. The van der Waals surface area contributed by atoms with Crippen molar-refractivity contribution in [1.82, 2.24) is 0 Å². The molecular formula is C10H28SiSn. The summed E-state index contributed by atoms with van der Waals surface area (Å²) < 4.78 is 1.18. The summed E-state index contributed by atoms with van der Waals surface area (Å²) in [5.74, 6) is 0. The molecular weight excluding hydrogens is 267 g/mol. The van der Waals surface area contributed by atoms with E-state index in [1.807, 2.05) is 0 Å². The van der Waals surface area contributed by atoms with E-state index in [1.54, 1.807) is 0 Å². The average Bonchev–Trinajstić information content (AvgIpc) is 1.58. The molecule has 0 aliphatic heterocycles. The van der Waals surface area contributed by atoms with Crippen molar-refractivity contribution in [1.29, 1.82) is 0 Å². The van der Waals surface area contributed by atoms with E-state index in [2.05, 4.69) is 51.4 Å². The van der Waals surface area contributed by atoms with Crippen molar-refractivity contribution in [3.8, 4) is 0 Å². The molecule has 12 heavy (non-hydrogen) atoms. The molecule has 0 aromatic rings. The van der Waals surface area contributed by atoms with Crippen LogP contribution in [0.2, 0.25) is 16.7 Å². The van der Waals surface area contributed by atoms with Gasteiger partial charge in [-0.15, -0.1) is 0 Å². The van der Waals surface area contributed by atoms with Crippen molar-refractivity contribution < 1.29 is 0 Å². The summed E-state index contributed by atoms with van der Waals surface area (Å²) in [7, 11) is 0. The molecule has 0 aliphatic carbocycles. The number of rotatable bonds is 0. The molecule has 0 amide bonds. The van der Waals surface area contributed by atoms with Gasteiger partial charge < -0.3 is 0 Å². The zero-order chi connectivity index (χ0) is 9.50. The molecule has 0 fully saturated rings. The molecule has 76 valence electrons. The Morgan fingerprint density at radius 1 is 0.667 bits per heavy atom. The predicted molar refractivity (Wildman–Crippen MR) is 68.2 cm³/mol. The monoisotopic (exact) mass is 296 g/mol. The summed E-state index contributed by atoms with van der Waals surface area (Å²) in [6.45, 7) is 14.5. The Labute approximate surface area is 87.4 Å². The minimum atomic E-state index is -1.86. The maximum Gasteiger partial charge on any atom is -0.0149 e. The van der Waals surface area contributed by atoms with Gasteiger partial charge in [0.15, 0.2) is 0 Å². The quantitative estimate of drug-likeness (QED) is 0.603. The second kappa shape index (κ2) is 4.03. The van der Waals surface area contributed by atoms with E-state index in [0.717, 1.165) is 0 Å². The fraction of sp³-hybridized carbons (Fsp3) is 1.00. The van der Waals surface area contributed by atoms with Gasteiger partial charge >= 0.3 is 76.7 Å². The predicted octanol–water partition coefficient (Wildman–Crippen LogP) is 2.84. The van der Waals surface area contributed by atoms with Crippen LogP contribution in [0.15, 0.2) is 0 Å². The van der Waals surface area contributed by atoms with Gasteiger partial charge in [0.1, 0.15) is 0 Å². The molecule has 0 aliphatic rings. The minimum Gasteiger partial charge on any atom is -0.0149 e. The van der Waals surface area contributed by atoms with Gasteiger partial charge in [-0.25, -0.2) is 0 Å². The van der Waals surface area contributed by atoms with Crippen molar-refractivity contribution in [3.05, 3.63) is 0 Å². The Balaban J connectivity index is 0. The van der Waals surface area contributed by atoms with E-state index in [4.69, 9.17) is 0 Å². The van der Waals surface area contributed by atoms with Crippen LogP contribution in [0, 0.1) is 0 Å². The minimum absolute atomic E-state index is 0. The zero-order valence-electron chi connectivity index (χ0n) is 9.50. The Hall–Kier alpha value is 1.02. The molecule has 0 spiro atoms. The van der Waals surface area contributed by atoms with Gasteiger partial charge in [0, 0.05) is 0 Å². The molecule has 0 saturated carbocycles. The van der Waals surface area contributed by atoms with E-state index in [9.17, 15) is 0 Å². The van der Waals surface area contributed by atoms with E-state index in [-0.39, 0.29) is 11.0 Å². The van der Waals surface area contributed by atoms with Crippen LogP contribution in [0.1, 0.15) is 41.5 Å². The average molecular weight is 295 g/mol. The van der Waals surface area contributed by atoms with Crippen molar-refractivity contribution in [3.63, 3.8) is 0 Å². The normalized spacial score (nSPS) is 14.0. The largest absolute Gasteiger partial charge is 0.0149 e. The Bertz CT molecular complexity index is 121. The van der Waals surface area contributed by atoms with Crippen LogP contribution >= 0.6 is 0 Å². The third-order valence-electron chi connectivity index (χ3n) is 3.75. The van der Waals surface area contributed by atoms with E-state index in [0.29, 0.717) is 6.86 Å². The SMILES string of the molecule is C[C](C)(C)[Sn]([CH3])([CH3])[C](C)(C)C.[SiH4]. The molecule has 0 aromatic heterocycles. The summed E-state index contributed by atoms with van der Waals surface area (Å²) in [6, 6.07) is 0. The van der Waals surface area contributed by atoms with Gasteiger partial charge in [-0.1, -0.05) is 0 Å². The van der Waals surface area contributed by atoms with Gasteiger partial charge in [-0.05, 0) is 11.0 Å². The van der Waals surface area contributed by atoms with E-state index >= 15 is 0 Å². The summed E-state index contributed by atoms with van der Waals surface area (Å²) in [5, 5.41) is 0. The van der Waals surface area contributed by atoms with Crippen molar-refractivity contribution in [2.75, 3.05) is 0 Å². The van der Waals surface area contributed by atoms with Crippen LogP contribution in [0.25, 0.3) is 0 Å². The van der Waals surface area contributed by atoms with Crippen LogP contribution in [0.5, 0.6) is 0 Å². The molecule has 0 N–H and O–H groups in total. The van der Waals surface area contributed by atoms with Crippen LogP contribution in [0.4, 0.5) is 0 Å². The fourth-order valence-electron chi connectivity index (χ4n) is 1.12. The summed E-state index contributed by atoms with van der Waals surface area (Å²) in [5.41, 5.74) is 0. The van der Waals surface area contributed by atoms with E-state index in [1.165, 1.54) is 0 Å². The van der Waals surface area contributed by atoms with Crippen LogP contribution in [-0.2, 0) is 0 Å². The van der Waals surface area contributed by atoms with Gasteiger partial charge in [-0.2, -0.15) is 0 Å². The molecule has 0 nitrogen and oxygen atoms in total. The third-order valence-corrected chi connectivity index (χ3v) is 25.2. The molecule has 0 rings (SSSR count). The molecule has 0 saturated heterocycles. The second-order valence-corrected chi connectivity index (χ2v) is 24.0. The van der Waals surface area contributed by atoms with Crippen molar-refractivity contribution >= 4 is 29.3 Å². The van der Waals surface area contributed by atoms with Crippen LogP contribution in [0.3, 0.4) is 0 Å². The van der Waals surface area contributed by atoms with Gasteiger partial charge in [0.2, 0.25) is 0 Å². The van der Waals surface area contributed by atoms with Crippen LogP contribution in [-0.4, -0.2) is 29.3 Å². The zero-order valence-corrected chi connectivity index (χ0v) is 12.4. The molecule has 2 heteroatoms. The standard InChI is InChI=1S/2C4H9.2CH3.H4Si.Sn/c2*1-4(2)3;;;;/h2*1-3H3;2*1H3;1H4;. The third kappa shape index (κ3) is 3.06. The maximum absolute atomic E-state index is 2.56. The molecule has 0 atom stereocenters. The van der Waals surface area contributed by atoms with Gasteiger partial charge in [0.25, 0.3) is 0 Å². The Kier molecular flexibility index (Phi) is 5.20. The first-order chi connectivity index (χ1) is 4.50. The summed E-state index contributed by atoms with van der Waals surface area (Å²) in [6.07, 6.45) is 0. The molecule has 0 bridgehead atoms. The summed E-state index contributed by atoms with van der Waals surface area (Å²) in [4.78, 5) is 5.13. The smallest absolute Gasteiger partial charge is 0.0149 e. The Morgan fingerprint density at radius 3 is 0.833 bits per heavy atom. The first kappa shape index (κ1) is 15.5. The number of hydrogen-bond acceptors (Lipinski definition) is 0. The fourth-order valence-corrected chi connectivity index (χ4v) is 7.55. The van der Waals surface area contributed by atoms with Gasteiger partial charge in [-0.3, -0.25) is 0 Å². The molecule has 0 heterocycles. The van der Waals surface area contributed by atoms with Crippen molar-refractivity contribution in [2.45, 2.75) is 58.3 Å². The van der Waals surface area contributed by atoms with Gasteiger partial charge in [0.05, 0.1) is 0 Å². The van der Waals surface area contributed by atoms with E-state index < -0.39 is 18.4 Å². The first-order valence-corrected chi connectivity index (χ1v) is 13.1. The Morgan fingerprint density at radius 2 is 0.833 bits per heavy atom. The molecule has 0 unspecified atom stereocenters. The topological polar surface area (TPSA) is 0 Å². The summed E-state index contributed by atoms with van der Waals surface area (Å²) >= 11 is -1.86. The second-order valence-electron chi connectivity index (χ2n) is 6.12.